The van der Waals surface area contributed by atoms with Gasteiger partial charge in [0.15, 0.2) is 12.2 Å². The number of hydrogen-bond acceptors (Lipinski definition) is 12. The fourth-order valence-corrected chi connectivity index (χ4v) is 8.68. The maximum absolute atomic E-state index is 12.2. The maximum Gasteiger partial charge on any atom is 0.333 e. The first-order valence-corrected chi connectivity index (χ1v) is 24.5. The van der Waals surface area contributed by atoms with Crippen molar-refractivity contribution in [1.29, 1.82) is 0 Å². The summed E-state index contributed by atoms with van der Waals surface area (Å²) < 4.78 is 43.1. The lowest BCUT2D eigenvalue weighted by molar-refractivity contribution is -0.154. The van der Waals surface area contributed by atoms with Gasteiger partial charge in [-0.3, -0.25) is 9.59 Å². The number of carbonyl (C=O) groups excluding carboxylic acids is 4. The molecule has 0 spiro atoms. The smallest absolute Gasteiger partial charge is 0.333 e. The molecule has 3 aliphatic carbocycles. The monoisotopic (exact) mass is 921 g/mol. The van der Waals surface area contributed by atoms with Crippen LogP contribution in [0.4, 0.5) is 0 Å². The lowest BCUT2D eigenvalue weighted by atomic mass is 9.82. The molecular weight excluding hydrogens is 841 g/mol. The summed E-state index contributed by atoms with van der Waals surface area (Å²) in [5, 5.41) is 0. The summed E-state index contributed by atoms with van der Waals surface area (Å²) in [7, 11) is 0. The molecule has 0 amide bonds. The van der Waals surface area contributed by atoms with E-state index in [4.69, 9.17) is 37.9 Å². The van der Waals surface area contributed by atoms with Crippen LogP contribution in [-0.4, -0.2) is 89.9 Å². The first-order valence-electron chi connectivity index (χ1n) is 24.5. The SMILES string of the molecule is C1CC2C3CCC(C3)C2C1.C=C(C)C(=O)OCCCC(=O)OC(COCCCCOCC)c1ccccc1.C=C(C)C(=O)OCCCC(=O)OC(COCCCCOCC)c1ccccc1. The van der Waals surface area contributed by atoms with E-state index in [0.29, 0.717) is 50.4 Å². The molecule has 0 saturated heterocycles. The van der Waals surface area contributed by atoms with E-state index in [2.05, 4.69) is 13.2 Å². The molecule has 3 saturated carbocycles. The van der Waals surface area contributed by atoms with Crippen LogP contribution >= 0.6 is 0 Å². The molecule has 3 aliphatic rings. The Bertz CT molecular complexity index is 1560. The fourth-order valence-electron chi connectivity index (χ4n) is 8.68. The topological polar surface area (TPSA) is 142 Å². The second-order valence-electron chi connectivity index (χ2n) is 17.4. The van der Waals surface area contributed by atoms with Crippen LogP contribution < -0.4 is 0 Å². The number of rotatable bonds is 30. The van der Waals surface area contributed by atoms with Gasteiger partial charge < -0.3 is 37.9 Å². The van der Waals surface area contributed by atoms with Crippen molar-refractivity contribution in [2.24, 2.45) is 23.7 Å². The lowest BCUT2D eigenvalue weighted by Crippen LogP contribution is -2.17. The summed E-state index contributed by atoms with van der Waals surface area (Å²) in [6.07, 6.45) is 13.4. The van der Waals surface area contributed by atoms with Gasteiger partial charge in [0.25, 0.3) is 0 Å². The molecule has 5 rings (SSSR count). The van der Waals surface area contributed by atoms with Crippen molar-refractivity contribution in [2.45, 2.75) is 130 Å². The Balaban J connectivity index is 0.000000287. The largest absolute Gasteiger partial charge is 0.462 e. The zero-order valence-corrected chi connectivity index (χ0v) is 40.5. The predicted molar refractivity (Wildman–Crippen MR) is 255 cm³/mol. The summed E-state index contributed by atoms with van der Waals surface area (Å²) in [5.41, 5.74) is 2.45. The van der Waals surface area contributed by atoms with Crippen LogP contribution in [-0.2, 0) is 57.1 Å². The first kappa shape index (κ1) is 56.0. The third-order valence-corrected chi connectivity index (χ3v) is 12.1. The van der Waals surface area contributed by atoms with Crippen LogP contribution in [0.2, 0.25) is 0 Å². The number of ether oxygens (including phenoxy) is 8. The molecule has 0 radical (unpaired) electrons. The minimum atomic E-state index is -0.460. The van der Waals surface area contributed by atoms with Gasteiger partial charge in [0, 0.05) is 63.6 Å². The molecule has 12 nitrogen and oxygen atoms in total. The predicted octanol–water partition coefficient (Wildman–Crippen LogP) is 10.8. The van der Waals surface area contributed by atoms with Crippen LogP contribution in [0.5, 0.6) is 0 Å². The molecule has 12 heteroatoms. The Morgan fingerprint density at radius 3 is 1.27 bits per heavy atom. The van der Waals surface area contributed by atoms with Crippen LogP contribution in [0.1, 0.15) is 141 Å². The van der Waals surface area contributed by atoms with Crippen LogP contribution in [0.3, 0.4) is 0 Å². The maximum atomic E-state index is 12.2. The van der Waals surface area contributed by atoms with Crippen molar-refractivity contribution in [1.82, 2.24) is 0 Å². The minimum Gasteiger partial charge on any atom is -0.462 e. The molecule has 2 bridgehead atoms. The molecular formula is C54H80O12. The number of unbranched alkanes of at least 4 members (excludes halogenated alkanes) is 2. The number of carbonyl (C=O) groups is 4. The number of fused-ring (bicyclic) bond motifs is 5. The van der Waals surface area contributed by atoms with Gasteiger partial charge in [0.2, 0.25) is 0 Å². The zero-order valence-electron chi connectivity index (χ0n) is 40.5. The van der Waals surface area contributed by atoms with Gasteiger partial charge in [-0.1, -0.05) is 80.2 Å². The second kappa shape index (κ2) is 34.0. The van der Waals surface area contributed by atoms with E-state index < -0.39 is 24.1 Å². The van der Waals surface area contributed by atoms with Crippen molar-refractivity contribution in [2.75, 3.05) is 66.1 Å². The Morgan fingerprint density at radius 2 is 0.909 bits per heavy atom. The van der Waals surface area contributed by atoms with E-state index in [-0.39, 0.29) is 38.0 Å². The highest BCUT2D eigenvalue weighted by atomic mass is 16.6. The van der Waals surface area contributed by atoms with Crippen molar-refractivity contribution in [3.8, 4) is 0 Å². The van der Waals surface area contributed by atoms with E-state index in [1.165, 1.54) is 23.7 Å². The highest BCUT2D eigenvalue weighted by molar-refractivity contribution is 5.87. The summed E-state index contributed by atoms with van der Waals surface area (Å²) >= 11 is 0. The minimum absolute atomic E-state index is 0.160. The Morgan fingerprint density at radius 1 is 0.530 bits per heavy atom. The third kappa shape index (κ3) is 22.9. The molecule has 2 aromatic rings. The summed E-state index contributed by atoms with van der Waals surface area (Å²) in [6, 6.07) is 19.0. The summed E-state index contributed by atoms with van der Waals surface area (Å²) in [4.78, 5) is 47.0. The number of esters is 4. The molecule has 0 aliphatic heterocycles. The molecule has 0 aromatic heterocycles. The van der Waals surface area contributed by atoms with Crippen LogP contribution in [0.25, 0.3) is 0 Å². The molecule has 0 heterocycles. The highest BCUT2D eigenvalue weighted by Gasteiger charge is 2.48. The van der Waals surface area contributed by atoms with Crippen molar-refractivity contribution < 1.29 is 57.1 Å². The van der Waals surface area contributed by atoms with Gasteiger partial charge in [-0.2, -0.15) is 0 Å². The second-order valence-corrected chi connectivity index (χ2v) is 17.4. The third-order valence-electron chi connectivity index (χ3n) is 12.1. The molecule has 6 atom stereocenters. The van der Waals surface area contributed by atoms with E-state index in [9.17, 15) is 19.2 Å². The number of benzene rings is 2. The Kier molecular flexibility index (Phi) is 28.8. The first-order chi connectivity index (χ1) is 32.0. The number of hydrogen-bond donors (Lipinski definition) is 0. The van der Waals surface area contributed by atoms with E-state index in [1.54, 1.807) is 52.4 Å². The average molecular weight is 921 g/mol. The van der Waals surface area contributed by atoms with E-state index >= 15 is 0 Å². The van der Waals surface area contributed by atoms with Gasteiger partial charge in [-0.15, -0.1) is 0 Å². The lowest BCUT2D eigenvalue weighted by Gasteiger charge is -2.23. The Labute approximate surface area is 395 Å². The Hall–Kier alpha value is -4.36. The summed E-state index contributed by atoms with van der Waals surface area (Å²) in [6.45, 7) is 19.1. The molecule has 66 heavy (non-hydrogen) atoms. The standard InChI is InChI=1S/2C22H32O6.C10H16/c2*1-4-25-14-8-9-15-26-17-20(19-11-6-5-7-12-19)28-21(23)13-10-16-27-22(24)18(2)3;1-2-9-7-4-5-8(6-7)10(9)3-1/h2*5-7,11-12,20H,2,4,8-10,13-17H2,1,3H3;7-10H,1-6H2. The van der Waals surface area contributed by atoms with E-state index in [1.807, 2.05) is 74.5 Å². The molecule has 6 unspecified atom stereocenters. The van der Waals surface area contributed by atoms with Gasteiger partial charge in [0.05, 0.1) is 26.4 Å². The quantitative estimate of drug-likeness (QED) is 0.0318. The van der Waals surface area contributed by atoms with E-state index in [0.717, 1.165) is 63.2 Å². The van der Waals surface area contributed by atoms with Crippen LogP contribution in [0.15, 0.2) is 85.0 Å². The van der Waals surface area contributed by atoms with Gasteiger partial charge in [-0.05, 0) is 133 Å². The molecule has 368 valence electrons. The van der Waals surface area contributed by atoms with Gasteiger partial charge >= 0.3 is 23.9 Å². The zero-order chi connectivity index (χ0) is 47.8. The van der Waals surface area contributed by atoms with Crippen molar-refractivity contribution >= 4 is 23.9 Å². The van der Waals surface area contributed by atoms with Gasteiger partial charge in [0.1, 0.15) is 0 Å². The molecule has 2 aromatic carbocycles. The molecule has 3 fully saturated rings. The van der Waals surface area contributed by atoms with Gasteiger partial charge in [-0.25, -0.2) is 9.59 Å². The average Bonchev–Trinajstić information content (AvgIpc) is 4.09. The van der Waals surface area contributed by atoms with Crippen molar-refractivity contribution in [3.63, 3.8) is 0 Å². The molecule has 0 N–H and O–H groups in total. The van der Waals surface area contributed by atoms with Crippen LogP contribution in [0, 0.1) is 23.7 Å². The highest BCUT2D eigenvalue weighted by Crippen LogP contribution is 2.58. The fraction of sp³-hybridized carbons (Fsp3) is 0.630. The summed E-state index contributed by atoms with van der Waals surface area (Å²) in [5.74, 6) is 3.20. The van der Waals surface area contributed by atoms with Crippen molar-refractivity contribution in [3.05, 3.63) is 96.1 Å². The normalized spacial score (nSPS) is 18.6.